The van der Waals surface area contributed by atoms with Crippen LogP contribution in [0.25, 0.3) is 22.2 Å². The summed E-state index contributed by atoms with van der Waals surface area (Å²) >= 11 is 0. The number of hydrogen-bond acceptors (Lipinski definition) is 6. The number of rotatable bonds is 7. The number of carbonyl (C=O) groups is 1. The zero-order chi connectivity index (χ0) is 21.6. The molecule has 6 nitrogen and oxygen atoms in total. The largest absolute Gasteiger partial charge is 0.493 e. The minimum absolute atomic E-state index is 0.339. The second-order valence-corrected chi connectivity index (χ2v) is 6.81. The van der Waals surface area contributed by atoms with Gasteiger partial charge < -0.3 is 14.2 Å². The van der Waals surface area contributed by atoms with Crippen molar-refractivity contribution in [2.45, 2.75) is 13.5 Å². The number of nitrogens with zero attached hydrogens (tertiary/aromatic N) is 2. The number of fused-ring (bicyclic) bond motifs is 1. The van der Waals surface area contributed by atoms with Crippen molar-refractivity contribution in [3.63, 3.8) is 0 Å². The Morgan fingerprint density at radius 2 is 1.71 bits per heavy atom. The van der Waals surface area contributed by atoms with Crippen LogP contribution in [0.5, 0.6) is 11.5 Å². The Bertz CT molecular complexity index is 1190. The highest BCUT2D eigenvalue weighted by Gasteiger charge is 2.14. The summed E-state index contributed by atoms with van der Waals surface area (Å²) in [5, 5.41) is 0.829. The fraction of sp³-hybridized carbons (Fsp3) is 0.160. The summed E-state index contributed by atoms with van der Waals surface area (Å²) in [5.41, 5.74) is 3.91. The van der Waals surface area contributed by atoms with Crippen LogP contribution in [0.15, 0.2) is 73.1 Å². The zero-order valence-electron chi connectivity index (χ0n) is 17.4. The van der Waals surface area contributed by atoms with E-state index in [2.05, 4.69) is 9.97 Å². The molecule has 31 heavy (non-hydrogen) atoms. The second kappa shape index (κ2) is 9.26. The van der Waals surface area contributed by atoms with Gasteiger partial charge in [-0.3, -0.25) is 0 Å². The summed E-state index contributed by atoms with van der Waals surface area (Å²) in [5.74, 6) is 0.868. The maximum Gasteiger partial charge on any atom is 0.338 e. The van der Waals surface area contributed by atoms with Gasteiger partial charge in [0.1, 0.15) is 12.9 Å². The van der Waals surface area contributed by atoms with E-state index < -0.39 is 0 Å². The van der Waals surface area contributed by atoms with Gasteiger partial charge in [0.25, 0.3) is 0 Å². The Balaban J connectivity index is 1.67. The van der Waals surface area contributed by atoms with Gasteiger partial charge >= 0.3 is 5.97 Å². The molecule has 0 bridgehead atoms. The molecule has 6 heteroatoms. The van der Waals surface area contributed by atoms with Gasteiger partial charge in [-0.05, 0) is 30.7 Å². The van der Waals surface area contributed by atoms with Gasteiger partial charge in [-0.1, -0.05) is 42.5 Å². The molecule has 156 valence electrons. The number of esters is 1. The molecule has 0 N–H and O–H groups in total. The topological polar surface area (TPSA) is 70.5 Å². The van der Waals surface area contributed by atoms with E-state index in [1.54, 1.807) is 26.2 Å². The van der Waals surface area contributed by atoms with Gasteiger partial charge in [0.15, 0.2) is 11.5 Å². The van der Waals surface area contributed by atoms with E-state index in [-0.39, 0.29) is 5.97 Å². The molecule has 4 rings (SSSR count). The van der Waals surface area contributed by atoms with Crippen molar-refractivity contribution in [2.24, 2.45) is 0 Å². The molecule has 0 spiro atoms. The lowest BCUT2D eigenvalue weighted by molar-refractivity contribution is 0.0526. The fourth-order valence-electron chi connectivity index (χ4n) is 3.28. The molecule has 0 atom stereocenters. The first kappa shape index (κ1) is 20.3. The third kappa shape index (κ3) is 4.48. The lowest BCUT2D eigenvalue weighted by Gasteiger charge is -2.13. The van der Waals surface area contributed by atoms with Crippen molar-refractivity contribution < 1.29 is 19.0 Å². The summed E-state index contributed by atoms with van der Waals surface area (Å²) in [6.45, 7) is 2.55. The normalized spacial score (nSPS) is 10.6. The maximum atomic E-state index is 11.9. The first-order chi connectivity index (χ1) is 15.2. The van der Waals surface area contributed by atoms with Crippen LogP contribution in [0, 0.1) is 0 Å². The minimum Gasteiger partial charge on any atom is -0.493 e. The molecule has 0 aliphatic rings. The summed E-state index contributed by atoms with van der Waals surface area (Å²) in [4.78, 5) is 20.8. The minimum atomic E-state index is -0.344. The standard InChI is InChI=1S/C25H22N2O4/c1-3-30-25(28)19-11-9-18(10-12-19)24-20-13-22(29-2)23(14-21(20)26-16-27-24)31-15-17-7-5-4-6-8-17/h4-14,16H,3,15H2,1-2H3. The van der Waals surface area contributed by atoms with Crippen LogP contribution < -0.4 is 9.47 Å². The summed E-state index contributed by atoms with van der Waals surface area (Å²) in [6, 6.07) is 20.8. The first-order valence-electron chi connectivity index (χ1n) is 9.96. The van der Waals surface area contributed by atoms with E-state index in [4.69, 9.17) is 14.2 Å². The van der Waals surface area contributed by atoms with E-state index in [9.17, 15) is 4.79 Å². The lowest BCUT2D eigenvalue weighted by atomic mass is 10.0. The maximum absolute atomic E-state index is 11.9. The molecule has 3 aromatic carbocycles. The smallest absolute Gasteiger partial charge is 0.338 e. The highest BCUT2D eigenvalue weighted by molar-refractivity contribution is 5.95. The Morgan fingerprint density at radius 3 is 2.42 bits per heavy atom. The van der Waals surface area contributed by atoms with Crippen LogP contribution in [0.2, 0.25) is 0 Å². The number of benzene rings is 3. The van der Waals surface area contributed by atoms with Gasteiger partial charge in [-0.15, -0.1) is 0 Å². The molecule has 1 heterocycles. The van der Waals surface area contributed by atoms with Crippen molar-refractivity contribution in [3.8, 4) is 22.8 Å². The van der Waals surface area contributed by atoms with Gasteiger partial charge in [0, 0.05) is 17.0 Å². The van der Waals surface area contributed by atoms with Crippen LogP contribution >= 0.6 is 0 Å². The molecule has 0 amide bonds. The van der Waals surface area contributed by atoms with Crippen molar-refractivity contribution in [3.05, 3.63) is 84.2 Å². The molecular formula is C25H22N2O4. The van der Waals surface area contributed by atoms with Crippen LogP contribution in [0.3, 0.4) is 0 Å². The van der Waals surface area contributed by atoms with E-state index in [1.807, 2.05) is 54.6 Å². The predicted molar refractivity (Wildman–Crippen MR) is 118 cm³/mol. The molecule has 0 fully saturated rings. The molecule has 0 unspecified atom stereocenters. The van der Waals surface area contributed by atoms with E-state index in [0.29, 0.717) is 30.3 Å². The van der Waals surface area contributed by atoms with Gasteiger partial charge in [0.2, 0.25) is 0 Å². The Kier molecular flexibility index (Phi) is 6.08. The highest BCUT2D eigenvalue weighted by Crippen LogP contribution is 2.35. The first-order valence-corrected chi connectivity index (χ1v) is 9.96. The van der Waals surface area contributed by atoms with Crippen LogP contribution in [-0.4, -0.2) is 29.7 Å². The van der Waals surface area contributed by atoms with Crippen molar-refractivity contribution in [2.75, 3.05) is 13.7 Å². The zero-order valence-corrected chi connectivity index (χ0v) is 17.4. The second-order valence-electron chi connectivity index (χ2n) is 6.81. The van der Waals surface area contributed by atoms with Crippen LogP contribution in [0.1, 0.15) is 22.8 Å². The van der Waals surface area contributed by atoms with Gasteiger partial charge in [-0.2, -0.15) is 0 Å². The third-order valence-corrected chi connectivity index (χ3v) is 4.83. The van der Waals surface area contributed by atoms with Crippen molar-refractivity contribution >= 4 is 16.9 Å². The quantitative estimate of drug-likeness (QED) is 0.394. The Morgan fingerprint density at radius 1 is 0.935 bits per heavy atom. The summed E-state index contributed by atoms with van der Waals surface area (Å²) in [7, 11) is 1.61. The van der Waals surface area contributed by atoms with Crippen molar-refractivity contribution in [1.29, 1.82) is 0 Å². The molecule has 4 aromatic rings. The number of hydrogen-bond donors (Lipinski definition) is 0. The summed E-state index contributed by atoms with van der Waals surface area (Å²) in [6.07, 6.45) is 1.52. The number of carbonyl (C=O) groups excluding carboxylic acids is 1. The molecule has 0 aliphatic carbocycles. The SMILES string of the molecule is CCOC(=O)c1ccc(-c2ncnc3cc(OCc4ccccc4)c(OC)cc23)cc1. The highest BCUT2D eigenvalue weighted by atomic mass is 16.5. The van der Waals surface area contributed by atoms with Crippen molar-refractivity contribution in [1.82, 2.24) is 9.97 Å². The number of aromatic nitrogens is 2. The van der Waals surface area contributed by atoms with E-state index in [1.165, 1.54) is 6.33 Å². The molecule has 1 aromatic heterocycles. The molecule has 0 radical (unpaired) electrons. The number of methoxy groups -OCH3 is 1. The molecular weight excluding hydrogens is 392 g/mol. The predicted octanol–water partition coefficient (Wildman–Crippen LogP) is 5.06. The molecule has 0 aliphatic heterocycles. The van der Waals surface area contributed by atoms with Crippen LogP contribution in [0.4, 0.5) is 0 Å². The lowest BCUT2D eigenvalue weighted by Crippen LogP contribution is -2.04. The average Bonchev–Trinajstić information content (AvgIpc) is 2.82. The Hall–Kier alpha value is -3.93. The third-order valence-electron chi connectivity index (χ3n) is 4.83. The van der Waals surface area contributed by atoms with Gasteiger partial charge in [-0.25, -0.2) is 14.8 Å². The van der Waals surface area contributed by atoms with Gasteiger partial charge in [0.05, 0.1) is 30.5 Å². The van der Waals surface area contributed by atoms with E-state index in [0.717, 1.165) is 27.7 Å². The number of ether oxygens (including phenoxy) is 3. The summed E-state index contributed by atoms with van der Waals surface area (Å²) < 4.78 is 16.6. The monoisotopic (exact) mass is 414 g/mol. The molecule has 0 saturated carbocycles. The fourth-order valence-corrected chi connectivity index (χ4v) is 3.28. The Labute approximate surface area is 180 Å². The average molecular weight is 414 g/mol. The van der Waals surface area contributed by atoms with E-state index >= 15 is 0 Å². The van der Waals surface area contributed by atoms with Crippen LogP contribution in [-0.2, 0) is 11.3 Å². The molecule has 0 saturated heterocycles.